The number of anilines is 1. The van der Waals surface area contributed by atoms with Gasteiger partial charge in [-0.05, 0) is 38.0 Å². The molecule has 0 atom stereocenters. The van der Waals surface area contributed by atoms with Crippen LogP contribution in [-0.2, 0) is 10.2 Å². The number of carbonyl (C=O) groups excluding carboxylic acids is 2. The molecule has 0 bridgehead atoms. The topological polar surface area (TPSA) is 96.7 Å². The average molecular weight is 388 g/mol. The number of aromatic nitrogens is 1. The molecule has 1 aliphatic heterocycles. The van der Waals surface area contributed by atoms with Crippen LogP contribution >= 0.6 is 0 Å². The third kappa shape index (κ3) is 4.74. The Balaban J connectivity index is 1.54. The SMILES string of the molecule is CCOC(=O)N1CCC(NC(=O)Nc2ccc3oc(C(C)(C)C)nc3c2)CC1. The maximum atomic E-state index is 12.3. The maximum Gasteiger partial charge on any atom is 0.409 e. The number of ether oxygens (including phenoxy) is 1. The molecule has 2 heterocycles. The van der Waals surface area contributed by atoms with Crippen molar-refractivity contribution in [3.63, 3.8) is 0 Å². The number of oxazole rings is 1. The molecule has 0 unspecified atom stereocenters. The van der Waals surface area contributed by atoms with E-state index in [1.165, 1.54) is 0 Å². The molecule has 0 spiro atoms. The molecule has 2 aromatic rings. The smallest absolute Gasteiger partial charge is 0.409 e. The first-order valence-electron chi connectivity index (χ1n) is 9.66. The van der Waals surface area contributed by atoms with Crippen LogP contribution in [0.25, 0.3) is 11.1 Å². The van der Waals surface area contributed by atoms with Crippen LogP contribution in [0.4, 0.5) is 15.3 Å². The first-order chi connectivity index (χ1) is 13.3. The number of urea groups is 1. The molecular weight excluding hydrogens is 360 g/mol. The third-order valence-corrected chi connectivity index (χ3v) is 4.64. The molecule has 1 aromatic heterocycles. The molecule has 1 aliphatic rings. The van der Waals surface area contributed by atoms with E-state index in [9.17, 15) is 9.59 Å². The lowest BCUT2D eigenvalue weighted by molar-refractivity contribution is 0.0959. The van der Waals surface area contributed by atoms with Crippen LogP contribution < -0.4 is 10.6 Å². The number of amides is 3. The Morgan fingerprint density at radius 2 is 2.00 bits per heavy atom. The van der Waals surface area contributed by atoms with Gasteiger partial charge >= 0.3 is 12.1 Å². The number of nitrogens with one attached hydrogen (secondary N) is 2. The largest absolute Gasteiger partial charge is 0.450 e. The molecule has 8 nitrogen and oxygen atoms in total. The van der Waals surface area contributed by atoms with Gasteiger partial charge in [0.1, 0.15) is 5.52 Å². The molecule has 8 heteroatoms. The lowest BCUT2D eigenvalue weighted by atomic mass is 9.97. The fourth-order valence-electron chi connectivity index (χ4n) is 3.10. The minimum atomic E-state index is -0.291. The number of fused-ring (bicyclic) bond motifs is 1. The highest BCUT2D eigenvalue weighted by Crippen LogP contribution is 2.27. The molecule has 1 aromatic carbocycles. The molecule has 1 fully saturated rings. The Kier molecular flexibility index (Phi) is 5.76. The monoisotopic (exact) mass is 388 g/mol. The predicted molar refractivity (Wildman–Crippen MR) is 106 cm³/mol. The molecule has 3 amide bonds. The van der Waals surface area contributed by atoms with Gasteiger partial charge in [0.05, 0.1) is 6.61 Å². The standard InChI is InChI=1S/C20H28N4O4/c1-5-27-19(26)24-10-8-13(9-11-24)21-18(25)22-14-6-7-16-15(12-14)23-17(28-16)20(2,3)4/h6-7,12-13H,5,8-11H2,1-4H3,(H2,21,22,25). The number of carbonyl (C=O) groups is 2. The van der Waals surface area contributed by atoms with Crippen LogP contribution in [0.5, 0.6) is 0 Å². The maximum absolute atomic E-state index is 12.3. The number of hydrogen-bond acceptors (Lipinski definition) is 5. The van der Waals surface area contributed by atoms with Crippen LogP contribution in [0.3, 0.4) is 0 Å². The summed E-state index contributed by atoms with van der Waals surface area (Å²) in [6.07, 6.45) is 1.11. The van der Waals surface area contributed by atoms with Crippen molar-refractivity contribution in [2.24, 2.45) is 0 Å². The number of nitrogens with zero attached hydrogens (tertiary/aromatic N) is 2. The van der Waals surface area contributed by atoms with Crippen molar-refractivity contribution >= 4 is 28.9 Å². The zero-order valence-electron chi connectivity index (χ0n) is 16.9. The van der Waals surface area contributed by atoms with Gasteiger partial charge in [-0.15, -0.1) is 0 Å². The van der Waals surface area contributed by atoms with Crippen molar-refractivity contribution in [1.29, 1.82) is 0 Å². The van der Waals surface area contributed by atoms with Crippen molar-refractivity contribution < 1.29 is 18.7 Å². The highest BCUT2D eigenvalue weighted by atomic mass is 16.6. The van der Waals surface area contributed by atoms with Crippen molar-refractivity contribution in [2.75, 3.05) is 25.0 Å². The Morgan fingerprint density at radius 3 is 2.64 bits per heavy atom. The summed E-state index contributed by atoms with van der Waals surface area (Å²) in [7, 11) is 0. The van der Waals surface area contributed by atoms with E-state index in [1.54, 1.807) is 24.0 Å². The Morgan fingerprint density at radius 1 is 1.29 bits per heavy atom. The summed E-state index contributed by atoms with van der Waals surface area (Å²) in [4.78, 5) is 30.2. The average Bonchev–Trinajstić information content (AvgIpc) is 3.06. The van der Waals surface area contributed by atoms with Gasteiger partial charge in [0.2, 0.25) is 5.89 Å². The summed E-state index contributed by atoms with van der Waals surface area (Å²) in [5, 5.41) is 5.81. The second-order valence-electron chi connectivity index (χ2n) is 8.01. The molecule has 1 saturated heterocycles. The molecule has 28 heavy (non-hydrogen) atoms. The summed E-state index contributed by atoms with van der Waals surface area (Å²) >= 11 is 0. The van der Waals surface area contributed by atoms with E-state index in [-0.39, 0.29) is 23.6 Å². The lowest BCUT2D eigenvalue weighted by Crippen LogP contribution is -2.47. The van der Waals surface area contributed by atoms with Crippen molar-refractivity contribution in [3.8, 4) is 0 Å². The third-order valence-electron chi connectivity index (χ3n) is 4.64. The van der Waals surface area contributed by atoms with E-state index in [2.05, 4.69) is 15.6 Å². The number of rotatable bonds is 3. The van der Waals surface area contributed by atoms with E-state index >= 15 is 0 Å². The van der Waals surface area contributed by atoms with Gasteiger partial charge in [-0.2, -0.15) is 0 Å². The van der Waals surface area contributed by atoms with Crippen molar-refractivity contribution in [2.45, 2.75) is 52.0 Å². The van der Waals surface area contributed by atoms with Crippen LogP contribution in [0, 0.1) is 0 Å². The van der Waals surface area contributed by atoms with Gasteiger partial charge in [0.25, 0.3) is 0 Å². The number of benzene rings is 1. The lowest BCUT2D eigenvalue weighted by Gasteiger charge is -2.31. The molecule has 0 saturated carbocycles. The zero-order valence-corrected chi connectivity index (χ0v) is 16.9. The molecule has 3 rings (SSSR count). The van der Waals surface area contributed by atoms with Gasteiger partial charge in [-0.1, -0.05) is 20.8 Å². The summed E-state index contributed by atoms with van der Waals surface area (Å²) < 4.78 is 10.8. The van der Waals surface area contributed by atoms with Crippen LogP contribution in [0.15, 0.2) is 22.6 Å². The van der Waals surface area contributed by atoms with E-state index in [1.807, 2.05) is 26.8 Å². The van der Waals surface area contributed by atoms with Gasteiger partial charge < -0.3 is 24.7 Å². The summed E-state index contributed by atoms with van der Waals surface area (Å²) in [5.74, 6) is 0.664. The fourth-order valence-corrected chi connectivity index (χ4v) is 3.10. The Bertz CT molecular complexity index is 847. The van der Waals surface area contributed by atoms with E-state index in [0.29, 0.717) is 55.2 Å². The quantitative estimate of drug-likeness (QED) is 0.832. The minimum Gasteiger partial charge on any atom is -0.450 e. The van der Waals surface area contributed by atoms with Gasteiger partial charge in [0.15, 0.2) is 5.58 Å². The van der Waals surface area contributed by atoms with Gasteiger partial charge in [0, 0.05) is 30.2 Å². The number of hydrogen-bond donors (Lipinski definition) is 2. The van der Waals surface area contributed by atoms with E-state index in [0.717, 1.165) is 0 Å². The van der Waals surface area contributed by atoms with Crippen LogP contribution in [-0.4, -0.2) is 47.7 Å². The molecule has 2 N–H and O–H groups in total. The predicted octanol–water partition coefficient (Wildman–Crippen LogP) is 3.87. The highest BCUT2D eigenvalue weighted by molar-refractivity contribution is 5.91. The molecule has 0 aliphatic carbocycles. The minimum absolute atomic E-state index is 0.0222. The van der Waals surface area contributed by atoms with Gasteiger partial charge in [-0.25, -0.2) is 14.6 Å². The zero-order chi connectivity index (χ0) is 20.3. The second-order valence-corrected chi connectivity index (χ2v) is 8.01. The Labute approximate surface area is 164 Å². The second kappa shape index (κ2) is 8.08. The number of likely N-dealkylation sites (tertiary alicyclic amines) is 1. The number of piperidine rings is 1. The summed E-state index contributed by atoms with van der Waals surface area (Å²) in [6.45, 7) is 9.42. The van der Waals surface area contributed by atoms with E-state index < -0.39 is 0 Å². The molecular formula is C20H28N4O4. The van der Waals surface area contributed by atoms with Crippen molar-refractivity contribution in [1.82, 2.24) is 15.2 Å². The molecule has 152 valence electrons. The van der Waals surface area contributed by atoms with Gasteiger partial charge in [-0.3, -0.25) is 0 Å². The van der Waals surface area contributed by atoms with Crippen molar-refractivity contribution in [3.05, 3.63) is 24.1 Å². The Hall–Kier alpha value is -2.77. The normalized spacial score (nSPS) is 15.5. The van der Waals surface area contributed by atoms with Crippen LogP contribution in [0.2, 0.25) is 0 Å². The first-order valence-corrected chi connectivity index (χ1v) is 9.66. The summed E-state index contributed by atoms with van der Waals surface area (Å²) in [6, 6.07) is 5.16. The fraction of sp³-hybridized carbons (Fsp3) is 0.550. The van der Waals surface area contributed by atoms with Crippen LogP contribution in [0.1, 0.15) is 46.4 Å². The molecule has 0 radical (unpaired) electrons. The first kappa shape index (κ1) is 20.0. The summed E-state index contributed by atoms with van der Waals surface area (Å²) in [5.41, 5.74) is 1.89. The van der Waals surface area contributed by atoms with E-state index in [4.69, 9.17) is 9.15 Å². The highest BCUT2D eigenvalue weighted by Gasteiger charge is 2.25.